The van der Waals surface area contributed by atoms with E-state index in [0.29, 0.717) is 6.61 Å². The molecule has 0 radical (unpaired) electrons. The van der Waals surface area contributed by atoms with Crippen molar-refractivity contribution in [2.75, 3.05) is 52.5 Å². The lowest BCUT2D eigenvalue weighted by Crippen LogP contribution is -2.44. The predicted molar refractivity (Wildman–Crippen MR) is 171 cm³/mol. The molecule has 0 aliphatic carbocycles. The molecule has 2 unspecified atom stereocenters. The molecule has 2 rings (SSSR count). The third-order valence-corrected chi connectivity index (χ3v) is 8.36. The van der Waals surface area contributed by atoms with Gasteiger partial charge in [-0.3, -0.25) is 53.0 Å². The largest absolute Gasteiger partial charge is 0.381 e. The fourth-order valence-electron chi connectivity index (χ4n) is 4.70. The third-order valence-electron chi connectivity index (χ3n) is 7.19. The van der Waals surface area contributed by atoms with E-state index < -0.39 is 69.7 Å². The molecule has 0 saturated carbocycles. The summed E-state index contributed by atoms with van der Waals surface area (Å²) in [4.78, 5) is 111. The Kier molecular flexibility index (Phi) is 18.5. The highest BCUT2D eigenvalue weighted by atomic mass is 32.2. The van der Waals surface area contributed by atoms with E-state index >= 15 is 0 Å². The Morgan fingerprint density at radius 2 is 1.10 bits per heavy atom. The molecule has 2 fully saturated rings. The Morgan fingerprint density at radius 3 is 1.47 bits per heavy atom. The smallest absolute Gasteiger partial charge is 0.245 e. The number of nitrogens with one attached hydrogen (secondary N) is 5. The van der Waals surface area contributed by atoms with Crippen molar-refractivity contribution in [3.63, 3.8) is 0 Å². The van der Waals surface area contributed by atoms with Crippen LogP contribution in [0.3, 0.4) is 0 Å². The molecular formula is C28H41F2N7O10S2. The van der Waals surface area contributed by atoms with Crippen molar-refractivity contribution in [1.82, 2.24) is 36.4 Å². The molecule has 2 saturated heterocycles. The highest BCUT2D eigenvalue weighted by Crippen LogP contribution is 2.26. The van der Waals surface area contributed by atoms with E-state index in [-0.39, 0.29) is 115 Å². The van der Waals surface area contributed by atoms with Crippen molar-refractivity contribution in [2.45, 2.75) is 68.4 Å². The van der Waals surface area contributed by atoms with E-state index in [1.54, 1.807) is 6.92 Å². The van der Waals surface area contributed by atoms with Crippen molar-refractivity contribution in [2.24, 2.45) is 0 Å². The second kappa shape index (κ2) is 22.0. The zero-order valence-electron chi connectivity index (χ0n) is 26.9. The molecule has 0 aromatic heterocycles. The maximum absolute atomic E-state index is 12.7. The highest BCUT2D eigenvalue weighted by molar-refractivity contribution is 7.96. The van der Waals surface area contributed by atoms with E-state index in [0.717, 1.165) is 9.80 Å². The van der Waals surface area contributed by atoms with Gasteiger partial charge >= 0.3 is 0 Å². The van der Waals surface area contributed by atoms with Gasteiger partial charge in [0.25, 0.3) is 0 Å². The average molecular weight is 738 g/mol. The van der Waals surface area contributed by atoms with Gasteiger partial charge in [0.05, 0.1) is 43.7 Å². The third kappa shape index (κ3) is 14.7. The van der Waals surface area contributed by atoms with Gasteiger partial charge in [-0.1, -0.05) is 0 Å². The Balaban J connectivity index is 1.71. The fraction of sp³-hybridized carbons (Fsp3) is 0.679. The first-order valence-corrected chi connectivity index (χ1v) is 17.1. The van der Waals surface area contributed by atoms with Crippen LogP contribution in [-0.2, 0) is 47.9 Å². The quantitative estimate of drug-likeness (QED) is 0.0591. The summed E-state index contributed by atoms with van der Waals surface area (Å²) in [5.41, 5.74) is 0. The molecule has 0 bridgehead atoms. The van der Waals surface area contributed by atoms with Crippen LogP contribution in [-0.4, -0.2) is 132 Å². The predicted octanol–water partition coefficient (Wildman–Crippen LogP) is -1.59. The van der Waals surface area contributed by atoms with Gasteiger partial charge in [-0.05, 0) is 6.92 Å². The van der Waals surface area contributed by atoms with E-state index in [2.05, 4.69) is 26.6 Å². The molecule has 0 aromatic carbocycles. The lowest BCUT2D eigenvalue weighted by Gasteiger charge is -2.19. The number of ether oxygens (including phenoxy) is 1. The minimum atomic E-state index is -1.10. The van der Waals surface area contributed by atoms with Gasteiger partial charge < -0.3 is 31.3 Å². The van der Waals surface area contributed by atoms with E-state index in [4.69, 9.17) is 4.74 Å². The standard InChI is InChI=1S/C28H41F2N7O10S2/c1-2-47-12-5-22(40)35-17(13-23(41)33-8-6-31-20(38)3-10-36-25(43)15-18(48-29)27(36)45)14-24(42)34-9-7-32-21(39)4-11-37-26(44)16-19(49-30)28(37)46/h17-19H,2-16H2,1H3,(H,31,38)(H,32,39)(H,33,41)(H,34,42)(H,35,40). The summed E-state index contributed by atoms with van der Waals surface area (Å²) in [5.74, 6) is -4.99. The van der Waals surface area contributed by atoms with E-state index in [9.17, 15) is 50.9 Å². The SMILES string of the molecule is CCOCCC(=O)NC(CC(=O)NCCNC(=O)CCN1C(=O)CC(SF)C1=O)CC(=O)NCCNC(=O)CCN1C(=O)CC(SF)C1=O. The molecule has 0 aromatic rings. The summed E-state index contributed by atoms with van der Waals surface area (Å²) < 4.78 is 30.6. The number of hydrogen-bond donors (Lipinski definition) is 5. The highest BCUT2D eigenvalue weighted by Gasteiger charge is 2.40. The number of nitrogens with zero attached hydrogens (tertiary/aromatic N) is 2. The van der Waals surface area contributed by atoms with Crippen LogP contribution in [0.5, 0.6) is 0 Å². The lowest BCUT2D eigenvalue weighted by atomic mass is 10.1. The number of halogens is 2. The molecule has 9 amide bonds. The van der Waals surface area contributed by atoms with E-state index in [1.165, 1.54) is 0 Å². The van der Waals surface area contributed by atoms with Crippen LogP contribution in [0.4, 0.5) is 7.77 Å². The van der Waals surface area contributed by atoms with Crippen molar-refractivity contribution >= 4 is 77.5 Å². The van der Waals surface area contributed by atoms with Crippen LogP contribution in [0.15, 0.2) is 0 Å². The zero-order chi connectivity index (χ0) is 36.3. The number of carbonyl (C=O) groups is 9. The number of rotatable bonds is 23. The second-order valence-electron chi connectivity index (χ2n) is 10.9. The topological polar surface area (TPSA) is 229 Å². The second-order valence-corrected chi connectivity index (χ2v) is 12.3. The molecule has 0 spiro atoms. The molecule has 2 aliphatic rings. The maximum atomic E-state index is 12.7. The summed E-state index contributed by atoms with van der Waals surface area (Å²) in [6.07, 6.45) is -1.49. The zero-order valence-corrected chi connectivity index (χ0v) is 28.5. The molecule has 2 atom stereocenters. The normalized spacial score (nSPS) is 18.0. The lowest BCUT2D eigenvalue weighted by molar-refractivity contribution is -0.140. The van der Waals surface area contributed by atoms with Crippen molar-refractivity contribution < 1.29 is 55.7 Å². The van der Waals surface area contributed by atoms with Gasteiger partial charge in [0.1, 0.15) is 10.5 Å². The monoisotopic (exact) mass is 737 g/mol. The number of hydrogen-bond acceptors (Lipinski definition) is 12. The van der Waals surface area contributed by atoms with Gasteiger partial charge in [0.2, 0.25) is 53.2 Å². The summed E-state index contributed by atoms with van der Waals surface area (Å²) in [6.45, 7) is 1.92. The summed E-state index contributed by atoms with van der Waals surface area (Å²) in [5, 5.41) is 10.6. The average Bonchev–Trinajstić information content (AvgIpc) is 3.50. The molecule has 17 nitrogen and oxygen atoms in total. The van der Waals surface area contributed by atoms with Gasteiger partial charge in [0, 0.05) is 84.0 Å². The molecule has 2 heterocycles. The van der Waals surface area contributed by atoms with Gasteiger partial charge in [-0.15, -0.1) is 0 Å². The summed E-state index contributed by atoms with van der Waals surface area (Å²) in [7, 11) is 0. The van der Waals surface area contributed by atoms with E-state index in [1.807, 2.05) is 0 Å². The number of carbonyl (C=O) groups excluding carboxylic acids is 9. The fourth-order valence-corrected chi connectivity index (χ4v) is 5.52. The van der Waals surface area contributed by atoms with Gasteiger partial charge in [0.15, 0.2) is 0 Å². The first kappa shape index (κ1) is 41.3. The van der Waals surface area contributed by atoms with Crippen LogP contribution in [0.2, 0.25) is 0 Å². The number of likely N-dealkylation sites (tertiary alicyclic amines) is 2. The Bertz CT molecular complexity index is 1170. The first-order valence-electron chi connectivity index (χ1n) is 15.6. The minimum absolute atomic E-state index is 0.000902. The van der Waals surface area contributed by atoms with Crippen molar-refractivity contribution in [3.8, 4) is 0 Å². The first-order chi connectivity index (χ1) is 23.4. The van der Waals surface area contributed by atoms with Crippen molar-refractivity contribution in [3.05, 3.63) is 0 Å². The number of imide groups is 2. The van der Waals surface area contributed by atoms with Crippen LogP contribution in [0.1, 0.15) is 51.9 Å². The summed E-state index contributed by atoms with van der Waals surface area (Å²) >= 11 is -0.432. The van der Waals surface area contributed by atoms with Gasteiger partial charge in [-0.2, -0.15) is 7.77 Å². The Labute approximate surface area is 290 Å². The van der Waals surface area contributed by atoms with Crippen LogP contribution < -0.4 is 26.6 Å². The molecular weight excluding hydrogens is 696 g/mol. The molecule has 2 aliphatic heterocycles. The van der Waals surface area contributed by atoms with Crippen LogP contribution in [0, 0.1) is 0 Å². The molecule has 274 valence electrons. The summed E-state index contributed by atoms with van der Waals surface area (Å²) in [6, 6.07) is -0.901. The van der Waals surface area contributed by atoms with Crippen molar-refractivity contribution in [1.29, 1.82) is 0 Å². The number of amides is 9. The maximum Gasteiger partial charge on any atom is 0.245 e. The molecule has 49 heavy (non-hydrogen) atoms. The van der Waals surface area contributed by atoms with Crippen LogP contribution >= 0.6 is 24.3 Å². The Morgan fingerprint density at radius 1 is 0.694 bits per heavy atom. The minimum Gasteiger partial charge on any atom is -0.381 e. The molecule has 5 N–H and O–H groups in total. The van der Waals surface area contributed by atoms with Gasteiger partial charge in [-0.25, -0.2) is 0 Å². The van der Waals surface area contributed by atoms with Crippen LogP contribution in [0.25, 0.3) is 0 Å². The molecule has 21 heteroatoms. The Hall–Kier alpha value is -3.85.